The largest absolute Gasteiger partial charge is 0.446 e. The summed E-state index contributed by atoms with van der Waals surface area (Å²) < 4.78 is 5.61. The first-order valence-electron chi connectivity index (χ1n) is 14.5. The summed E-state index contributed by atoms with van der Waals surface area (Å²) in [6.45, 7) is 4.69. The van der Waals surface area contributed by atoms with Crippen LogP contribution in [-0.2, 0) is 5.54 Å². The highest BCUT2D eigenvalue weighted by atomic mass is 16.3. The van der Waals surface area contributed by atoms with Gasteiger partial charge in [0.05, 0.1) is 17.3 Å². The number of aliphatic hydroxyl groups excluding tert-OH is 1. The van der Waals surface area contributed by atoms with E-state index >= 15 is 0 Å². The Morgan fingerprint density at radius 2 is 1.80 bits per heavy atom. The molecule has 2 fully saturated rings. The number of aromatic nitrogens is 1. The minimum absolute atomic E-state index is 0.157. The molecule has 40 heavy (non-hydrogen) atoms. The number of nitrogens with zero attached hydrogens (tertiary/aromatic N) is 2. The van der Waals surface area contributed by atoms with Gasteiger partial charge in [0.1, 0.15) is 12.3 Å². The second-order valence-corrected chi connectivity index (χ2v) is 11.3. The summed E-state index contributed by atoms with van der Waals surface area (Å²) >= 11 is 0. The molecule has 5 rings (SSSR count). The second-order valence-electron chi connectivity index (χ2n) is 11.3. The van der Waals surface area contributed by atoms with Crippen molar-refractivity contribution in [2.24, 2.45) is 0 Å². The Kier molecular flexibility index (Phi) is 8.66. The Balaban J connectivity index is 1.33. The van der Waals surface area contributed by atoms with Crippen molar-refractivity contribution in [3.05, 3.63) is 89.1 Å². The summed E-state index contributed by atoms with van der Waals surface area (Å²) in [7, 11) is 0. The van der Waals surface area contributed by atoms with Crippen molar-refractivity contribution in [3.8, 4) is 0 Å². The van der Waals surface area contributed by atoms with Crippen LogP contribution < -0.4 is 10.6 Å². The van der Waals surface area contributed by atoms with Gasteiger partial charge in [0.25, 0.3) is 11.8 Å². The average molecular weight is 545 g/mol. The Hall–Kier alpha value is -3.49. The van der Waals surface area contributed by atoms with Crippen molar-refractivity contribution < 1.29 is 19.1 Å². The maximum absolute atomic E-state index is 13.6. The molecule has 2 heterocycles. The van der Waals surface area contributed by atoms with Crippen molar-refractivity contribution in [2.75, 3.05) is 13.1 Å². The fraction of sp³-hybridized carbons (Fsp3) is 0.469. The molecule has 1 saturated carbocycles. The van der Waals surface area contributed by atoms with E-state index in [1.165, 1.54) is 19.3 Å². The lowest BCUT2D eigenvalue weighted by molar-refractivity contribution is 0.0533. The number of hydrogen-bond acceptors (Lipinski definition) is 6. The zero-order chi connectivity index (χ0) is 28.1. The van der Waals surface area contributed by atoms with Crippen molar-refractivity contribution in [1.82, 2.24) is 20.5 Å². The van der Waals surface area contributed by atoms with Crippen LogP contribution in [0.4, 0.5) is 0 Å². The number of nitrogens with one attached hydrogen (secondary N) is 2. The number of carbonyl (C=O) groups is 2. The first-order valence-corrected chi connectivity index (χ1v) is 14.5. The number of aryl methyl sites for hydroxylation is 1. The third-order valence-corrected chi connectivity index (χ3v) is 8.43. The Morgan fingerprint density at radius 1 is 1.05 bits per heavy atom. The maximum Gasteiger partial charge on any atom is 0.254 e. The summed E-state index contributed by atoms with van der Waals surface area (Å²) in [5.41, 5.74) is 1.36. The molecule has 0 bridgehead atoms. The quantitative estimate of drug-likeness (QED) is 0.354. The number of carbonyl (C=O) groups excluding carboxylic acids is 2. The summed E-state index contributed by atoms with van der Waals surface area (Å²) in [4.78, 5) is 33.4. The molecule has 212 valence electrons. The van der Waals surface area contributed by atoms with E-state index in [9.17, 15) is 14.7 Å². The van der Waals surface area contributed by atoms with Gasteiger partial charge >= 0.3 is 0 Å². The molecule has 2 aliphatic rings. The van der Waals surface area contributed by atoms with Gasteiger partial charge in [-0.2, -0.15) is 0 Å². The number of rotatable bonds is 9. The van der Waals surface area contributed by atoms with Gasteiger partial charge < -0.3 is 25.1 Å². The van der Waals surface area contributed by atoms with Gasteiger partial charge in [-0.25, -0.2) is 4.98 Å². The number of amides is 2. The van der Waals surface area contributed by atoms with Gasteiger partial charge in [0.15, 0.2) is 0 Å². The van der Waals surface area contributed by atoms with Crippen LogP contribution in [0.1, 0.15) is 95.8 Å². The van der Waals surface area contributed by atoms with Crippen LogP contribution >= 0.6 is 0 Å². The molecule has 2 aromatic carbocycles. The monoisotopic (exact) mass is 544 g/mol. The second kappa shape index (κ2) is 12.4. The molecular weight excluding hydrogens is 504 g/mol. The summed E-state index contributed by atoms with van der Waals surface area (Å²) in [5.74, 6) is 0.0428. The van der Waals surface area contributed by atoms with Crippen molar-refractivity contribution in [3.63, 3.8) is 0 Å². The minimum Gasteiger partial charge on any atom is -0.446 e. The lowest BCUT2D eigenvalue weighted by atomic mass is 9.85. The molecular formula is C32H40N4O4. The molecule has 3 atom stereocenters. The maximum atomic E-state index is 13.6. The molecule has 1 aliphatic carbocycles. The van der Waals surface area contributed by atoms with Gasteiger partial charge in [-0.3, -0.25) is 9.59 Å². The van der Waals surface area contributed by atoms with E-state index < -0.39 is 11.6 Å². The third-order valence-electron chi connectivity index (χ3n) is 8.43. The van der Waals surface area contributed by atoms with Gasteiger partial charge in [-0.05, 0) is 63.3 Å². The van der Waals surface area contributed by atoms with Crippen LogP contribution in [0.3, 0.4) is 0 Å². The van der Waals surface area contributed by atoms with E-state index in [-0.39, 0.29) is 17.9 Å². The first-order chi connectivity index (χ1) is 19.3. The number of aliphatic hydroxyl groups is 1. The topological polar surface area (TPSA) is 108 Å². The summed E-state index contributed by atoms with van der Waals surface area (Å²) in [6, 6.07) is 16.5. The fourth-order valence-corrected chi connectivity index (χ4v) is 5.98. The predicted octanol–water partition coefficient (Wildman–Crippen LogP) is 4.89. The smallest absolute Gasteiger partial charge is 0.254 e. The molecule has 0 spiro atoms. The van der Waals surface area contributed by atoms with E-state index in [0.717, 1.165) is 36.9 Å². The van der Waals surface area contributed by atoms with Crippen LogP contribution in [0.15, 0.2) is 65.3 Å². The van der Waals surface area contributed by atoms with Gasteiger partial charge in [-0.1, -0.05) is 55.7 Å². The van der Waals surface area contributed by atoms with Gasteiger partial charge in [0.2, 0.25) is 5.89 Å². The Bertz CT molecular complexity index is 1300. The molecule has 2 amide bonds. The molecule has 8 heteroatoms. The number of hydrogen-bond donors (Lipinski definition) is 3. The van der Waals surface area contributed by atoms with Crippen LogP contribution in [0, 0.1) is 6.92 Å². The van der Waals surface area contributed by atoms with Crippen molar-refractivity contribution in [1.29, 1.82) is 0 Å². The summed E-state index contributed by atoms with van der Waals surface area (Å²) in [5, 5.41) is 18.0. The van der Waals surface area contributed by atoms with E-state index in [1.54, 1.807) is 35.4 Å². The zero-order valence-corrected chi connectivity index (χ0v) is 23.4. The molecule has 8 nitrogen and oxygen atoms in total. The molecule has 1 aromatic heterocycles. The van der Waals surface area contributed by atoms with E-state index in [2.05, 4.69) is 15.6 Å². The Labute approximate surface area is 236 Å². The number of oxazole rings is 1. The highest BCUT2D eigenvalue weighted by Gasteiger charge is 2.38. The number of benzene rings is 2. The standard InChI is InChI=1S/C32H40N4O4/c1-22-21-40-30(34-22)27-17-10-18-36(27)31(39)24-12-9-11-23(19-24)29(38)35-32(2,25-13-5-3-6-14-25)28(37)20-33-26-15-7-4-8-16-26/h3,5-6,9,11-14,19,21,26-28,33,37H,4,7-8,10,15-18,20H2,1-2H3,(H,35,38)/t27-,28-,32+/m1/s1. The van der Waals surface area contributed by atoms with E-state index in [4.69, 9.17) is 4.42 Å². The van der Waals surface area contributed by atoms with Crippen LogP contribution in [0.2, 0.25) is 0 Å². The predicted molar refractivity (Wildman–Crippen MR) is 153 cm³/mol. The highest BCUT2D eigenvalue weighted by Crippen LogP contribution is 2.33. The molecule has 0 unspecified atom stereocenters. The van der Waals surface area contributed by atoms with Crippen molar-refractivity contribution in [2.45, 2.75) is 82.5 Å². The minimum atomic E-state index is -1.04. The van der Waals surface area contributed by atoms with Crippen LogP contribution in [-0.4, -0.2) is 52.0 Å². The van der Waals surface area contributed by atoms with Gasteiger partial charge in [-0.15, -0.1) is 0 Å². The lowest BCUT2D eigenvalue weighted by Gasteiger charge is -2.37. The molecule has 3 aromatic rings. The Morgan fingerprint density at radius 3 is 2.52 bits per heavy atom. The van der Waals surface area contributed by atoms with Crippen LogP contribution in [0.5, 0.6) is 0 Å². The average Bonchev–Trinajstić information content (AvgIpc) is 3.65. The lowest BCUT2D eigenvalue weighted by Crippen LogP contribution is -2.56. The van der Waals surface area contributed by atoms with Crippen LogP contribution in [0.25, 0.3) is 0 Å². The van der Waals surface area contributed by atoms with Crippen molar-refractivity contribution >= 4 is 11.8 Å². The third kappa shape index (κ3) is 6.13. The molecule has 1 saturated heterocycles. The normalized spacial score (nSPS) is 20.2. The zero-order valence-electron chi connectivity index (χ0n) is 23.4. The summed E-state index contributed by atoms with van der Waals surface area (Å²) in [6.07, 6.45) is 8.26. The number of likely N-dealkylation sites (tertiary alicyclic amines) is 1. The van der Waals surface area contributed by atoms with E-state index in [1.807, 2.05) is 44.2 Å². The molecule has 1 aliphatic heterocycles. The van der Waals surface area contributed by atoms with Gasteiger partial charge in [0, 0.05) is 30.3 Å². The molecule has 0 radical (unpaired) electrons. The fourth-order valence-electron chi connectivity index (χ4n) is 5.98. The SMILES string of the molecule is Cc1coc([C@H]2CCCN2C(=O)c2cccc(C(=O)N[C@@](C)(c3ccccc3)[C@H](O)CNC3CCCCC3)c2)n1. The molecule has 3 N–H and O–H groups in total. The highest BCUT2D eigenvalue weighted by molar-refractivity contribution is 6.00. The van der Waals surface area contributed by atoms with E-state index in [0.29, 0.717) is 36.1 Å². The first kappa shape index (κ1) is 28.1.